The molecule has 13 heteroatoms. The minimum absolute atomic E-state index is 0. The van der Waals surface area contributed by atoms with Crippen molar-refractivity contribution in [3.8, 4) is 0 Å². The van der Waals surface area contributed by atoms with Crippen LogP contribution in [0.25, 0.3) is 0 Å². The first-order valence-corrected chi connectivity index (χ1v) is 28.8. The number of rotatable bonds is 44. The Kier molecular flexibility index (Phi) is 76.6. The minimum atomic E-state index is -0.945. The first-order chi connectivity index (χ1) is 29.1. The summed E-state index contributed by atoms with van der Waals surface area (Å²) in [6, 6.07) is 0. The summed E-state index contributed by atoms with van der Waals surface area (Å²) >= 11 is 5.88. The van der Waals surface area contributed by atoms with Crippen LogP contribution in [0.1, 0.15) is 233 Å². The third-order valence-corrected chi connectivity index (χ3v) is 13.5. The van der Waals surface area contributed by atoms with E-state index in [1.165, 1.54) is 227 Å². The van der Waals surface area contributed by atoms with Crippen molar-refractivity contribution < 1.29 is 39.6 Å². The Morgan fingerprint density at radius 2 is 0.393 bits per heavy atom. The number of carbonyl (C=O) groups excluding carboxylic acids is 4. The van der Waals surface area contributed by atoms with E-state index < -0.39 is 23.9 Å². The van der Waals surface area contributed by atoms with Crippen LogP contribution in [0.15, 0.2) is 0 Å². The Balaban J connectivity index is -0.000000227. The quantitative estimate of drug-likeness (QED) is 0.0420. The maximum atomic E-state index is 10.1. The van der Waals surface area contributed by atoms with Crippen LogP contribution >= 0.6 is 47.0 Å². The van der Waals surface area contributed by atoms with E-state index in [0.717, 1.165) is 48.7 Å². The molecule has 360 valence electrons. The van der Waals surface area contributed by atoms with Crippen LogP contribution in [0.4, 0.5) is 0 Å². The number of carboxylic acid groups (broad SMARTS) is 4. The molecular formula is C48H92O8S4Sn. The van der Waals surface area contributed by atoms with Crippen LogP contribution in [0.3, 0.4) is 0 Å². The van der Waals surface area contributed by atoms with E-state index in [0.29, 0.717) is 0 Å². The molecule has 0 aromatic rings. The molecule has 0 radical (unpaired) electrons. The zero-order valence-electron chi connectivity index (χ0n) is 39.7. The fraction of sp³-hybridized carbons (Fsp3) is 0.917. The molecule has 0 aromatic carbocycles. The number of unbranched alkanes of at least 4 members (excludes halogenated alkanes) is 28. The number of thioether (sulfide) groups is 4. The van der Waals surface area contributed by atoms with E-state index in [1.807, 2.05) is 0 Å². The molecule has 0 fully saturated rings. The van der Waals surface area contributed by atoms with Crippen molar-refractivity contribution in [2.45, 2.75) is 233 Å². The molecule has 0 aromatic heterocycles. The van der Waals surface area contributed by atoms with Crippen molar-refractivity contribution in [1.29, 1.82) is 0 Å². The second-order valence-electron chi connectivity index (χ2n) is 15.6. The Bertz CT molecular complexity index is 738. The first kappa shape index (κ1) is 70.1. The predicted octanol–water partition coefficient (Wildman–Crippen LogP) is 10.1. The van der Waals surface area contributed by atoms with Gasteiger partial charge in [-0.1, -0.05) is 207 Å². The second-order valence-corrected chi connectivity index (χ2v) is 20.0. The van der Waals surface area contributed by atoms with E-state index in [1.54, 1.807) is 0 Å². The van der Waals surface area contributed by atoms with Gasteiger partial charge in [0.25, 0.3) is 0 Å². The molecule has 0 saturated carbocycles. The molecule has 0 bridgehead atoms. The number of aliphatic carboxylic acids is 4. The molecule has 0 aliphatic rings. The first-order valence-electron chi connectivity index (χ1n) is 24.2. The van der Waals surface area contributed by atoms with Crippen molar-refractivity contribution in [2.24, 2.45) is 0 Å². The summed E-state index contributed by atoms with van der Waals surface area (Å²) in [5.74, 6) is 0.663. The molecule has 0 aliphatic heterocycles. The molecule has 0 aliphatic carbocycles. The number of hydrogen-bond acceptors (Lipinski definition) is 12. The number of carbonyl (C=O) groups is 4. The summed E-state index contributed by atoms with van der Waals surface area (Å²) < 4.78 is 0. The SMILES string of the molecule is CCCCCCCCCCSCC(=O)[O-].CCCCCCCCCCSCC(=O)[O-].CCCCCCCCCCSCC(=O)[O-].CCCCCCCCCCSCC(=O)[O-].[Sn+4]. The molecule has 61 heavy (non-hydrogen) atoms. The Hall–Kier alpha value is 0.0787. The average molecular weight is 1040 g/mol. The van der Waals surface area contributed by atoms with Gasteiger partial charge < -0.3 is 39.6 Å². The monoisotopic (exact) mass is 1040 g/mol. The standard InChI is InChI=1S/4C12H24O2S.Sn/c4*1-2-3-4-5-6-7-8-9-10-15-11-12(13)14;/h4*2-11H2,1H3,(H,13,14);/q;;;;+4/p-4. The van der Waals surface area contributed by atoms with Gasteiger partial charge in [0, 0.05) is 23.0 Å². The van der Waals surface area contributed by atoms with E-state index in [-0.39, 0.29) is 46.9 Å². The van der Waals surface area contributed by atoms with Gasteiger partial charge >= 0.3 is 23.9 Å². The van der Waals surface area contributed by atoms with E-state index >= 15 is 0 Å². The summed E-state index contributed by atoms with van der Waals surface area (Å²) in [7, 11) is 0. The maximum Gasteiger partial charge on any atom is 4.00 e. The molecule has 0 saturated heterocycles. The third kappa shape index (κ3) is 87.7. The van der Waals surface area contributed by atoms with Gasteiger partial charge in [-0.2, -0.15) is 47.0 Å². The average Bonchev–Trinajstić information content (AvgIpc) is 3.21. The maximum absolute atomic E-state index is 10.1. The molecule has 8 nitrogen and oxygen atoms in total. The summed E-state index contributed by atoms with van der Waals surface area (Å²) in [6.45, 7) is 8.92. The topological polar surface area (TPSA) is 161 Å². The Morgan fingerprint density at radius 1 is 0.262 bits per heavy atom. The van der Waals surface area contributed by atoms with Gasteiger partial charge in [0.2, 0.25) is 0 Å². The van der Waals surface area contributed by atoms with Gasteiger partial charge in [0.05, 0.1) is 23.9 Å². The summed E-state index contributed by atoms with van der Waals surface area (Å²) in [6.07, 6.45) is 41.7. The largest absolute Gasteiger partial charge is 4.00 e. The molecule has 0 spiro atoms. The summed E-state index contributed by atoms with van der Waals surface area (Å²) in [4.78, 5) is 40.4. The van der Waals surface area contributed by atoms with E-state index in [2.05, 4.69) is 27.7 Å². The van der Waals surface area contributed by atoms with Crippen LogP contribution in [0.5, 0.6) is 0 Å². The van der Waals surface area contributed by atoms with Crippen LogP contribution in [0.2, 0.25) is 0 Å². The molecule has 0 amide bonds. The van der Waals surface area contributed by atoms with Gasteiger partial charge in [0.1, 0.15) is 0 Å². The van der Waals surface area contributed by atoms with Crippen molar-refractivity contribution >= 4 is 94.8 Å². The zero-order valence-corrected chi connectivity index (χ0v) is 45.8. The normalized spacial score (nSPS) is 10.3. The predicted molar refractivity (Wildman–Crippen MR) is 266 cm³/mol. The van der Waals surface area contributed by atoms with Gasteiger partial charge in [-0.3, -0.25) is 0 Å². The van der Waals surface area contributed by atoms with Gasteiger partial charge in [-0.25, -0.2) is 0 Å². The van der Waals surface area contributed by atoms with Crippen molar-refractivity contribution in [1.82, 2.24) is 0 Å². The van der Waals surface area contributed by atoms with E-state index in [9.17, 15) is 39.6 Å². The Morgan fingerprint density at radius 3 is 0.525 bits per heavy atom. The van der Waals surface area contributed by atoms with E-state index in [4.69, 9.17) is 0 Å². The molecule has 0 N–H and O–H groups in total. The number of carboxylic acids is 4. The smallest absolute Gasteiger partial charge is 0.549 e. The molecule has 0 rings (SSSR count). The minimum Gasteiger partial charge on any atom is -0.549 e. The van der Waals surface area contributed by atoms with Gasteiger partial charge in [-0.05, 0) is 48.7 Å². The zero-order chi connectivity index (χ0) is 45.4. The van der Waals surface area contributed by atoms with Crippen LogP contribution in [-0.2, 0) is 19.2 Å². The third-order valence-electron chi connectivity index (χ3n) is 9.45. The second kappa shape index (κ2) is 66.7. The van der Waals surface area contributed by atoms with Crippen molar-refractivity contribution in [3.05, 3.63) is 0 Å². The number of hydrogen-bond donors (Lipinski definition) is 0. The Labute approximate surface area is 410 Å². The van der Waals surface area contributed by atoms with Crippen LogP contribution < -0.4 is 20.4 Å². The molecule has 0 atom stereocenters. The summed E-state index contributed by atoms with van der Waals surface area (Å²) in [5, 5.41) is 40.4. The van der Waals surface area contributed by atoms with Crippen LogP contribution in [-0.4, -0.2) is 93.8 Å². The van der Waals surface area contributed by atoms with Crippen molar-refractivity contribution in [3.63, 3.8) is 0 Å². The fourth-order valence-corrected chi connectivity index (χ4v) is 8.85. The van der Waals surface area contributed by atoms with Crippen molar-refractivity contribution in [2.75, 3.05) is 46.0 Å². The van der Waals surface area contributed by atoms with Crippen LogP contribution in [0, 0.1) is 0 Å². The molecule has 0 heterocycles. The summed E-state index contributed by atoms with van der Waals surface area (Å²) in [5.41, 5.74) is 0. The fourth-order valence-electron chi connectivity index (χ4n) is 5.97. The van der Waals surface area contributed by atoms with Gasteiger partial charge in [0.15, 0.2) is 0 Å². The van der Waals surface area contributed by atoms with Gasteiger partial charge in [-0.15, -0.1) is 0 Å². The molecular weight excluding hydrogens is 951 g/mol. The molecule has 0 unspecified atom stereocenters.